The largest absolute Gasteiger partial charge is 0.423 e. The number of esters is 1. The number of carbonyl (C=O) groups excluding carboxylic acids is 3. The minimum Gasteiger partial charge on any atom is -0.423 e. The van der Waals surface area contributed by atoms with Gasteiger partial charge in [-0.25, -0.2) is 4.79 Å². The molecule has 5 nitrogen and oxygen atoms in total. The van der Waals surface area contributed by atoms with Crippen molar-refractivity contribution in [3.05, 3.63) is 58.1 Å². The number of nitrogens with zero attached hydrogens (tertiary/aromatic N) is 1. The van der Waals surface area contributed by atoms with Gasteiger partial charge in [0.25, 0.3) is 0 Å². The van der Waals surface area contributed by atoms with Crippen LogP contribution < -0.4 is 9.64 Å². The fourth-order valence-electron chi connectivity index (χ4n) is 5.08. The third-order valence-corrected chi connectivity index (χ3v) is 10.2. The molecule has 3 fully saturated rings. The monoisotopic (exact) mass is 585 g/mol. The molecule has 1 heterocycles. The van der Waals surface area contributed by atoms with Crippen molar-refractivity contribution in [2.75, 3.05) is 4.90 Å². The lowest BCUT2D eigenvalue weighted by Gasteiger charge is -2.28. The molecular formula is C22H15Br2Cl2NO4. The van der Waals surface area contributed by atoms with Crippen molar-refractivity contribution in [3.8, 4) is 5.75 Å². The molecule has 1 saturated heterocycles. The summed E-state index contributed by atoms with van der Waals surface area (Å²) in [6.07, 6.45) is 0.884. The van der Waals surface area contributed by atoms with Gasteiger partial charge in [0.2, 0.25) is 11.8 Å². The highest BCUT2D eigenvalue weighted by Gasteiger charge is 2.66. The van der Waals surface area contributed by atoms with Gasteiger partial charge in [-0.1, -0.05) is 55.1 Å². The Morgan fingerprint density at radius 2 is 1.52 bits per heavy atom. The molecule has 2 saturated carbocycles. The number of ether oxygens (including phenoxy) is 1. The van der Waals surface area contributed by atoms with Gasteiger partial charge in [-0.3, -0.25) is 14.5 Å². The molecule has 9 heteroatoms. The number of rotatable bonds is 3. The van der Waals surface area contributed by atoms with E-state index < -0.39 is 5.97 Å². The van der Waals surface area contributed by atoms with Gasteiger partial charge in [0.15, 0.2) is 0 Å². The highest BCUT2D eigenvalue weighted by molar-refractivity contribution is 9.12. The van der Waals surface area contributed by atoms with Crippen molar-refractivity contribution in [2.45, 2.75) is 16.1 Å². The van der Waals surface area contributed by atoms with Crippen molar-refractivity contribution in [1.82, 2.24) is 0 Å². The molecule has 2 bridgehead atoms. The average molecular weight is 588 g/mol. The van der Waals surface area contributed by atoms with Gasteiger partial charge in [-0.05, 0) is 60.7 Å². The van der Waals surface area contributed by atoms with Crippen molar-refractivity contribution in [3.63, 3.8) is 0 Å². The maximum atomic E-state index is 13.1. The number of fused-ring (bicyclic) bond motifs is 5. The van der Waals surface area contributed by atoms with Gasteiger partial charge in [0.1, 0.15) is 5.75 Å². The van der Waals surface area contributed by atoms with Gasteiger partial charge in [0, 0.05) is 14.7 Å². The summed E-state index contributed by atoms with van der Waals surface area (Å²) in [4.78, 5) is 40.3. The molecule has 6 atom stereocenters. The predicted octanol–water partition coefficient (Wildman–Crippen LogP) is 5.49. The van der Waals surface area contributed by atoms with Crippen LogP contribution >= 0.6 is 55.1 Å². The van der Waals surface area contributed by atoms with Gasteiger partial charge in [0.05, 0.1) is 28.1 Å². The summed E-state index contributed by atoms with van der Waals surface area (Å²) in [6, 6.07) is 10.8. The number of hydrogen-bond donors (Lipinski definition) is 0. The number of carbonyl (C=O) groups is 3. The van der Waals surface area contributed by atoms with Crippen LogP contribution in [0.3, 0.4) is 0 Å². The molecule has 31 heavy (non-hydrogen) atoms. The standard InChI is InChI=1S/C22H15Br2Cl2NO4/c23-18-13-8-14(19(18)24)17-16(13)20(28)27(21(17)29)10-2-4-11(5-3-10)31-22(30)12-6-1-9(25)7-15(12)26/h1-7,13-14,16-19H,8H2/t13-,14-,16-,17+,18-,19+/m0/s1. The van der Waals surface area contributed by atoms with Gasteiger partial charge in [-0.2, -0.15) is 0 Å². The molecule has 2 aliphatic carbocycles. The van der Waals surface area contributed by atoms with Crippen LogP contribution in [0.5, 0.6) is 5.75 Å². The molecule has 0 aromatic heterocycles. The Morgan fingerprint density at radius 3 is 2.06 bits per heavy atom. The molecule has 2 amide bonds. The normalized spacial score (nSPS) is 31.3. The Morgan fingerprint density at radius 1 is 0.935 bits per heavy atom. The quantitative estimate of drug-likeness (QED) is 0.206. The minimum absolute atomic E-state index is 0.149. The Bertz CT molecular complexity index is 1080. The van der Waals surface area contributed by atoms with Crippen molar-refractivity contribution in [1.29, 1.82) is 0 Å². The molecular weight excluding hydrogens is 573 g/mol. The predicted molar refractivity (Wildman–Crippen MR) is 124 cm³/mol. The number of anilines is 1. The van der Waals surface area contributed by atoms with E-state index in [1.54, 1.807) is 30.3 Å². The Hall–Kier alpha value is -1.41. The molecule has 160 valence electrons. The van der Waals surface area contributed by atoms with Crippen LogP contribution in [0, 0.1) is 23.7 Å². The van der Waals surface area contributed by atoms with Crippen molar-refractivity contribution < 1.29 is 19.1 Å². The number of amides is 2. The second-order valence-electron chi connectivity index (χ2n) is 8.02. The lowest BCUT2D eigenvalue weighted by molar-refractivity contribution is -0.123. The van der Waals surface area contributed by atoms with E-state index in [1.807, 2.05) is 0 Å². The van der Waals surface area contributed by atoms with Crippen molar-refractivity contribution >= 4 is 78.5 Å². The molecule has 0 spiro atoms. The summed E-state index contributed by atoms with van der Waals surface area (Å²) in [5.74, 6) is -0.885. The molecule has 0 unspecified atom stereocenters. The molecule has 2 aromatic rings. The Labute approximate surface area is 205 Å². The molecule has 3 aliphatic rings. The number of benzene rings is 2. The second-order valence-corrected chi connectivity index (χ2v) is 11.0. The maximum absolute atomic E-state index is 13.1. The number of halogens is 4. The van der Waals surface area contributed by atoms with Crippen LogP contribution in [0.4, 0.5) is 5.69 Å². The minimum atomic E-state index is -0.624. The summed E-state index contributed by atoms with van der Waals surface area (Å²) < 4.78 is 5.37. The SMILES string of the molecule is O=C(Oc1ccc(N2C(=O)[C@@H]3[C@@H]4C[C@H]([C@H](Br)[C@@H]4Br)[C@@H]3C2=O)cc1)c1ccc(Cl)cc1Cl. The van der Waals surface area contributed by atoms with Crippen LogP contribution in [0.15, 0.2) is 42.5 Å². The third-order valence-electron chi connectivity index (χ3n) is 6.44. The number of hydrogen-bond acceptors (Lipinski definition) is 4. The molecule has 1 aliphatic heterocycles. The first-order chi connectivity index (χ1) is 14.8. The van der Waals surface area contributed by atoms with Crippen LogP contribution in [0.2, 0.25) is 10.0 Å². The maximum Gasteiger partial charge on any atom is 0.345 e. The van der Waals surface area contributed by atoms with E-state index in [0.29, 0.717) is 10.7 Å². The fourth-order valence-corrected chi connectivity index (χ4v) is 7.44. The van der Waals surface area contributed by atoms with Crippen LogP contribution in [-0.4, -0.2) is 27.4 Å². The topological polar surface area (TPSA) is 63.7 Å². The zero-order chi connectivity index (χ0) is 22.0. The first-order valence-corrected chi connectivity index (χ1v) is 12.3. The third kappa shape index (κ3) is 3.36. The lowest BCUT2D eigenvalue weighted by Crippen LogP contribution is -2.37. The lowest BCUT2D eigenvalue weighted by atomic mass is 9.81. The fraction of sp³-hybridized carbons (Fsp3) is 0.318. The Balaban J connectivity index is 1.34. The van der Waals surface area contributed by atoms with Gasteiger partial charge >= 0.3 is 5.97 Å². The average Bonchev–Trinajstić information content (AvgIpc) is 3.33. The molecule has 2 aromatic carbocycles. The first-order valence-electron chi connectivity index (χ1n) is 9.71. The van der Waals surface area contributed by atoms with Gasteiger partial charge < -0.3 is 4.74 Å². The summed E-state index contributed by atoms with van der Waals surface area (Å²) in [6.45, 7) is 0. The number of imide groups is 1. The summed E-state index contributed by atoms with van der Waals surface area (Å²) in [7, 11) is 0. The first kappa shape index (κ1) is 21.4. The smallest absolute Gasteiger partial charge is 0.345 e. The van der Waals surface area contributed by atoms with E-state index in [-0.39, 0.29) is 61.5 Å². The van der Waals surface area contributed by atoms with Crippen LogP contribution in [-0.2, 0) is 9.59 Å². The van der Waals surface area contributed by atoms with E-state index in [1.165, 1.54) is 17.0 Å². The van der Waals surface area contributed by atoms with E-state index >= 15 is 0 Å². The molecule has 0 radical (unpaired) electrons. The molecule has 5 rings (SSSR count). The summed E-state index contributed by atoms with van der Waals surface area (Å²) in [5.41, 5.74) is 0.669. The Kier molecular flexibility index (Phi) is 5.44. The number of alkyl halides is 2. The van der Waals surface area contributed by atoms with Crippen molar-refractivity contribution in [2.24, 2.45) is 23.7 Å². The summed E-state index contributed by atoms with van der Waals surface area (Å²) in [5, 5.41) is 0.611. The van der Waals surface area contributed by atoms with Crippen LogP contribution in [0.25, 0.3) is 0 Å². The molecule has 0 N–H and O–H groups in total. The van der Waals surface area contributed by atoms with E-state index in [9.17, 15) is 14.4 Å². The van der Waals surface area contributed by atoms with Gasteiger partial charge in [-0.15, -0.1) is 0 Å². The van der Waals surface area contributed by atoms with Crippen LogP contribution in [0.1, 0.15) is 16.8 Å². The highest BCUT2D eigenvalue weighted by atomic mass is 79.9. The zero-order valence-corrected chi connectivity index (χ0v) is 20.5. The van der Waals surface area contributed by atoms with E-state index in [4.69, 9.17) is 27.9 Å². The summed E-state index contributed by atoms with van der Waals surface area (Å²) >= 11 is 19.3. The second kappa shape index (κ2) is 7.87. The highest BCUT2D eigenvalue weighted by Crippen LogP contribution is 2.60. The zero-order valence-electron chi connectivity index (χ0n) is 15.8. The van der Waals surface area contributed by atoms with E-state index in [0.717, 1.165) is 6.42 Å². The van der Waals surface area contributed by atoms with E-state index in [2.05, 4.69) is 31.9 Å².